The smallest absolute Gasteiger partial charge is 0.0178 e. The third kappa shape index (κ3) is 4.10. The molecule has 0 heterocycles. The Hall–Kier alpha value is -0.340. The maximum Gasteiger partial charge on any atom is 0.0178 e. The van der Waals surface area contributed by atoms with E-state index in [0.29, 0.717) is 0 Å². The minimum atomic E-state index is 0.762. The van der Waals surface area contributed by atoms with Gasteiger partial charge in [0.1, 0.15) is 0 Å². The van der Waals surface area contributed by atoms with Gasteiger partial charge in [0.15, 0.2) is 0 Å². The molecular formula is C19H28BrN. The number of rotatable bonds is 5. The predicted molar refractivity (Wildman–Crippen MR) is 93.6 cm³/mol. The second-order valence-corrected chi connectivity index (χ2v) is 8.04. The number of halogens is 1. The minimum Gasteiger partial charge on any atom is -0.314 e. The average molecular weight is 350 g/mol. The van der Waals surface area contributed by atoms with Crippen molar-refractivity contribution in [3.63, 3.8) is 0 Å². The van der Waals surface area contributed by atoms with Crippen LogP contribution in [-0.2, 0) is 0 Å². The number of benzene rings is 1. The first-order valence-corrected chi connectivity index (χ1v) is 9.52. The molecule has 2 fully saturated rings. The summed E-state index contributed by atoms with van der Waals surface area (Å²) in [6.07, 6.45) is 9.86. The summed E-state index contributed by atoms with van der Waals surface area (Å²) in [4.78, 5) is 0. The lowest BCUT2D eigenvalue weighted by Crippen LogP contribution is -2.42. The summed E-state index contributed by atoms with van der Waals surface area (Å²) in [7, 11) is 0. The zero-order chi connectivity index (χ0) is 14.7. The van der Waals surface area contributed by atoms with Crippen molar-refractivity contribution in [1.29, 1.82) is 0 Å². The standard InChI is InChI=1S/C19H28BrN/c1-2-14-6-8-15(9-7-14)13-21-19-11-17(12-19)16-4-3-5-18(20)10-16/h3-5,10,14-15,17,19,21H,2,6-9,11-13H2,1H3. The van der Waals surface area contributed by atoms with Gasteiger partial charge in [-0.25, -0.2) is 0 Å². The Bertz CT molecular complexity index is 445. The Kier molecular flexibility index (Phi) is 5.39. The molecule has 2 aliphatic carbocycles. The number of hydrogen-bond donors (Lipinski definition) is 1. The van der Waals surface area contributed by atoms with Crippen LogP contribution >= 0.6 is 15.9 Å². The lowest BCUT2D eigenvalue weighted by Gasteiger charge is -2.38. The molecule has 0 atom stereocenters. The fraction of sp³-hybridized carbons (Fsp3) is 0.684. The first-order valence-electron chi connectivity index (χ1n) is 8.73. The van der Waals surface area contributed by atoms with Crippen molar-refractivity contribution in [2.75, 3.05) is 6.54 Å². The van der Waals surface area contributed by atoms with E-state index >= 15 is 0 Å². The van der Waals surface area contributed by atoms with Gasteiger partial charge in [-0.3, -0.25) is 0 Å². The van der Waals surface area contributed by atoms with Crippen LogP contribution in [0.1, 0.15) is 63.4 Å². The van der Waals surface area contributed by atoms with E-state index in [2.05, 4.69) is 52.4 Å². The van der Waals surface area contributed by atoms with Gasteiger partial charge in [0.05, 0.1) is 0 Å². The molecule has 0 aromatic heterocycles. The molecule has 0 saturated heterocycles. The molecule has 0 radical (unpaired) electrons. The second-order valence-electron chi connectivity index (χ2n) is 7.12. The fourth-order valence-electron chi connectivity index (χ4n) is 3.99. The van der Waals surface area contributed by atoms with Gasteiger partial charge in [-0.15, -0.1) is 0 Å². The molecule has 1 aromatic rings. The highest BCUT2D eigenvalue weighted by Gasteiger charge is 2.30. The van der Waals surface area contributed by atoms with Gasteiger partial charge in [0.25, 0.3) is 0 Å². The minimum absolute atomic E-state index is 0.762. The summed E-state index contributed by atoms with van der Waals surface area (Å²) in [5.74, 6) is 2.74. The van der Waals surface area contributed by atoms with E-state index in [1.165, 1.54) is 61.5 Å². The van der Waals surface area contributed by atoms with Crippen molar-refractivity contribution < 1.29 is 0 Å². The van der Waals surface area contributed by atoms with E-state index in [1.54, 1.807) is 0 Å². The summed E-state index contributed by atoms with van der Waals surface area (Å²) in [6, 6.07) is 9.60. The lowest BCUT2D eigenvalue weighted by molar-refractivity contribution is 0.228. The monoisotopic (exact) mass is 349 g/mol. The van der Waals surface area contributed by atoms with Crippen LogP contribution < -0.4 is 5.32 Å². The van der Waals surface area contributed by atoms with Crippen molar-refractivity contribution in [2.24, 2.45) is 11.8 Å². The van der Waals surface area contributed by atoms with Crippen LogP contribution in [0, 0.1) is 11.8 Å². The highest BCUT2D eigenvalue weighted by molar-refractivity contribution is 9.10. The molecule has 2 heteroatoms. The maximum absolute atomic E-state index is 3.82. The highest BCUT2D eigenvalue weighted by atomic mass is 79.9. The van der Waals surface area contributed by atoms with E-state index in [-0.39, 0.29) is 0 Å². The predicted octanol–water partition coefficient (Wildman–Crippen LogP) is 5.50. The summed E-state index contributed by atoms with van der Waals surface area (Å²) in [5, 5.41) is 3.82. The van der Waals surface area contributed by atoms with Crippen LogP contribution in [0.2, 0.25) is 0 Å². The molecule has 21 heavy (non-hydrogen) atoms. The molecule has 0 bridgehead atoms. The van der Waals surface area contributed by atoms with Gasteiger partial charge in [-0.2, -0.15) is 0 Å². The van der Waals surface area contributed by atoms with Crippen molar-refractivity contribution >= 4 is 15.9 Å². The molecule has 0 spiro atoms. The second kappa shape index (κ2) is 7.28. The summed E-state index contributed by atoms with van der Waals surface area (Å²) >= 11 is 3.58. The Morgan fingerprint density at radius 2 is 1.81 bits per heavy atom. The lowest BCUT2D eigenvalue weighted by atomic mass is 9.75. The van der Waals surface area contributed by atoms with Crippen molar-refractivity contribution in [3.05, 3.63) is 34.3 Å². The Labute approximate surface area is 138 Å². The third-order valence-corrected chi connectivity index (χ3v) is 6.19. The van der Waals surface area contributed by atoms with Crippen LogP contribution in [0.5, 0.6) is 0 Å². The first-order chi connectivity index (χ1) is 10.2. The van der Waals surface area contributed by atoms with Gasteiger partial charge < -0.3 is 5.32 Å². The molecular weight excluding hydrogens is 322 g/mol. The van der Waals surface area contributed by atoms with Crippen molar-refractivity contribution in [3.8, 4) is 0 Å². The summed E-state index contributed by atoms with van der Waals surface area (Å²) in [5.41, 5.74) is 1.51. The van der Waals surface area contributed by atoms with Crippen molar-refractivity contribution in [1.82, 2.24) is 5.32 Å². The molecule has 1 nitrogen and oxygen atoms in total. The fourth-order valence-corrected chi connectivity index (χ4v) is 4.41. The Morgan fingerprint density at radius 3 is 2.48 bits per heavy atom. The normalized spacial score (nSPS) is 32.7. The first kappa shape index (κ1) is 15.6. The Morgan fingerprint density at radius 1 is 1.10 bits per heavy atom. The molecule has 0 unspecified atom stereocenters. The van der Waals surface area contributed by atoms with Gasteiger partial charge in [0, 0.05) is 10.5 Å². The van der Waals surface area contributed by atoms with E-state index in [9.17, 15) is 0 Å². The van der Waals surface area contributed by atoms with E-state index in [4.69, 9.17) is 0 Å². The molecule has 3 rings (SSSR count). The number of nitrogens with one attached hydrogen (secondary N) is 1. The van der Waals surface area contributed by atoms with Crippen LogP contribution in [0.25, 0.3) is 0 Å². The largest absolute Gasteiger partial charge is 0.314 e. The zero-order valence-electron chi connectivity index (χ0n) is 13.2. The topological polar surface area (TPSA) is 12.0 Å². The molecule has 1 aromatic carbocycles. The van der Waals surface area contributed by atoms with Crippen LogP contribution in [0.4, 0.5) is 0 Å². The third-order valence-electron chi connectivity index (χ3n) is 5.70. The van der Waals surface area contributed by atoms with Crippen molar-refractivity contribution in [2.45, 2.75) is 63.8 Å². The summed E-state index contributed by atoms with van der Waals surface area (Å²) in [6.45, 7) is 3.60. The van der Waals surface area contributed by atoms with Gasteiger partial charge in [0.2, 0.25) is 0 Å². The maximum atomic E-state index is 3.82. The van der Waals surface area contributed by atoms with Gasteiger partial charge in [-0.05, 0) is 67.7 Å². The molecule has 0 aliphatic heterocycles. The van der Waals surface area contributed by atoms with Gasteiger partial charge >= 0.3 is 0 Å². The molecule has 2 aliphatic rings. The van der Waals surface area contributed by atoms with E-state index in [0.717, 1.165) is 23.8 Å². The van der Waals surface area contributed by atoms with Crippen LogP contribution in [0.3, 0.4) is 0 Å². The molecule has 1 N–H and O–H groups in total. The molecule has 2 saturated carbocycles. The van der Waals surface area contributed by atoms with E-state index < -0.39 is 0 Å². The molecule has 116 valence electrons. The van der Waals surface area contributed by atoms with E-state index in [1.807, 2.05) is 0 Å². The average Bonchev–Trinajstić information content (AvgIpc) is 2.46. The Balaban J connectivity index is 1.36. The highest BCUT2D eigenvalue weighted by Crippen LogP contribution is 2.38. The summed E-state index contributed by atoms with van der Waals surface area (Å²) < 4.78 is 1.21. The molecule has 0 amide bonds. The van der Waals surface area contributed by atoms with Crippen LogP contribution in [0.15, 0.2) is 28.7 Å². The van der Waals surface area contributed by atoms with Gasteiger partial charge in [-0.1, -0.05) is 54.2 Å². The SMILES string of the molecule is CCC1CCC(CNC2CC(c3cccc(Br)c3)C2)CC1. The number of hydrogen-bond acceptors (Lipinski definition) is 1. The van der Waals surface area contributed by atoms with Crippen LogP contribution in [-0.4, -0.2) is 12.6 Å². The zero-order valence-corrected chi connectivity index (χ0v) is 14.7. The quantitative estimate of drug-likeness (QED) is 0.739.